The van der Waals surface area contributed by atoms with Crippen LogP contribution in [0.4, 0.5) is 11.4 Å². The second kappa shape index (κ2) is 9.01. The van der Waals surface area contributed by atoms with Crippen LogP contribution in [0.15, 0.2) is 30.3 Å². The number of rotatable bonds is 6. The SMILES string of the molecule is CC[C@H]1CCc2sc(C(=O)OCC(=O)Nc3cccc(NC(C)=O)c3)cc2C1. The molecule has 1 aromatic carbocycles. The van der Waals surface area contributed by atoms with Gasteiger partial charge in [0.15, 0.2) is 6.61 Å². The second-order valence-electron chi connectivity index (χ2n) is 6.96. The van der Waals surface area contributed by atoms with Crippen molar-refractivity contribution < 1.29 is 19.1 Å². The number of ether oxygens (including phenoxy) is 1. The molecule has 1 atom stereocenters. The summed E-state index contributed by atoms with van der Waals surface area (Å²) < 4.78 is 5.18. The lowest BCUT2D eigenvalue weighted by Crippen LogP contribution is -2.20. The molecule has 1 aliphatic carbocycles. The molecule has 0 spiro atoms. The average molecular weight is 401 g/mol. The van der Waals surface area contributed by atoms with E-state index in [1.807, 2.05) is 6.07 Å². The molecule has 1 heterocycles. The maximum atomic E-state index is 12.3. The van der Waals surface area contributed by atoms with Gasteiger partial charge < -0.3 is 15.4 Å². The molecule has 0 bridgehead atoms. The molecular weight excluding hydrogens is 376 g/mol. The normalized spacial score (nSPS) is 15.4. The number of thiophene rings is 1. The van der Waals surface area contributed by atoms with Crippen LogP contribution in [-0.2, 0) is 27.2 Å². The Kier molecular flexibility index (Phi) is 6.46. The largest absolute Gasteiger partial charge is 0.451 e. The Hall–Kier alpha value is -2.67. The van der Waals surface area contributed by atoms with E-state index in [2.05, 4.69) is 17.6 Å². The van der Waals surface area contributed by atoms with Gasteiger partial charge in [-0.1, -0.05) is 19.4 Å². The van der Waals surface area contributed by atoms with E-state index in [0.29, 0.717) is 22.2 Å². The number of hydrogen-bond donors (Lipinski definition) is 2. The summed E-state index contributed by atoms with van der Waals surface area (Å²) >= 11 is 1.47. The van der Waals surface area contributed by atoms with Gasteiger partial charge in [-0.05, 0) is 55.0 Å². The fourth-order valence-electron chi connectivity index (χ4n) is 3.33. The molecule has 6 nitrogen and oxygen atoms in total. The molecule has 2 N–H and O–H groups in total. The van der Waals surface area contributed by atoms with Crippen molar-refractivity contribution in [3.05, 3.63) is 45.6 Å². The highest BCUT2D eigenvalue weighted by molar-refractivity contribution is 7.14. The number of amides is 2. The van der Waals surface area contributed by atoms with E-state index in [1.54, 1.807) is 24.3 Å². The summed E-state index contributed by atoms with van der Waals surface area (Å²) in [5, 5.41) is 5.31. The average Bonchev–Trinajstić information content (AvgIpc) is 3.09. The van der Waals surface area contributed by atoms with Crippen LogP contribution in [0.25, 0.3) is 0 Å². The van der Waals surface area contributed by atoms with Gasteiger partial charge in [-0.2, -0.15) is 0 Å². The maximum Gasteiger partial charge on any atom is 0.348 e. The van der Waals surface area contributed by atoms with Crippen LogP contribution in [0.1, 0.15) is 46.8 Å². The van der Waals surface area contributed by atoms with Crippen LogP contribution in [-0.4, -0.2) is 24.4 Å². The number of fused-ring (bicyclic) bond motifs is 1. The highest BCUT2D eigenvalue weighted by Gasteiger charge is 2.23. The van der Waals surface area contributed by atoms with Crippen LogP contribution in [0.3, 0.4) is 0 Å². The number of nitrogens with one attached hydrogen (secondary N) is 2. The van der Waals surface area contributed by atoms with Crippen molar-refractivity contribution in [2.75, 3.05) is 17.2 Å². The Bertz CT molecular complexity index is 890. The van der Waals surface area contributed by atoms with E-state index in [1.165, 1.54) is 35.1 Å². The smallest absolute Gasteiger partial charge is 0.348 e. The minimum Gasteiger partial charge on any atom is -0.451 e. The molecule has 3 rings (SSSR count). The molecule has 2 amide bonds. The Morgan fingerprint density at radius 3 is 2.64 bits per heavy atom. The fraction of sp³-hybridized carbons (Fsp3) is 0.381. The lowest BCUT2D eigenvalue weighted by molar-refractivity contribution is -0.119. The monoisotopic (exact) mass is 400 g/mol. The van der Waals surface area contributed by atoms with Crippen molar-refractivity contribution in [3.63, 3.8) is 0 Å². The van der Waals surface area contributed by atoms with Gasteiger partial charge >= 0.3 is 5.97 Å². The van der Waals surface area contributed by atoms with E-state index in [9.17, 15) is 14.4 Å². The lowest BCUT2D eigenvalue weighted by Gasteiger charge is -2.19. The standard InChI is InChI=1S/C21H24N2O4S/c1-3-14-7-8-18-15(9-14)10-19(28-18)21(26)27-12-20(25)23-17-6-4-5-16(11-17)22-13(2)24/h4-6,10-11,14H,3,7-9,12H2,1-2H3,(H,22,24)(H,23,25)/t14-/m0/s1. The Morgan fingerprint density at radius 1 is 1.18 bits per heavy atom. The summed E-state index contributed by atoms with van der Waals surface area (Å²) in [6.07, 6.45) is 4.34. The van der Waals surface area contributed by atoms with Gasteiger partial charge in [0.1, 0.15) is 4.88 Å². The van der Waals surface area contributed by atoms with Crippen LogP contribution in [0.5, 0.6) is 0 Å². The van der Waals surface area contributed by atoms with E-state index in [4.69, 9.17) is 4.74 Å². The zero-order chi connectivity index (χ0) is 20.1. The summed E-state index contributed by atoms with van der Waals surface area (Å²) in [5.41, 5.74) is 2.34. The van der Waals surface area contributed by atoms with Crippen molar-refractivity contribution in [2.45, 2.75) is 39.5 Å². The van der Waals surface area contributed by atoms with Crippen molar-refractivity contribution in [3.8, 4) is 0 Å². The van der Waals surface area contributed by atoms with E-state index < -0.39 is 11.9 Å². The van der Waals surface area contributed by atoms with Crippen LogP contribution in [0, 0.1) is 5.92 Å². The van der Waals surface area contributed by atoms with Crippen LogP contribution >= 0.6 is 11.3 Å². The van der Waals surface area contributed by atoms with Crippen molar-refractivity contribution >= 4 is 40.5 Å². The Morgan fingerprint density at radius 2 is 1.93 bits per heavy atom. The van der Waals surface area contributed by atoms with Gasteiger partial charge in [-0.3, -0.25) is 9.59 Å². The summed E-state index contributed by atoms with van der Waals surface area (Å²) in [6.45, 7) is 3.25. The first-order chi connectivity index (χ1) is 13.4. The molecule has 0 saturated heterocycles. The van der Waals surface area contributed by atoms with Gasteiger partial charge in [0.2, 0.25) is 5.91 Å². The molecule has 1 aromatic heterocycles. The van der Waals surface area contributed by atoms with Crippen LogP contribution < -0.4 is 10.6 Å². The summed E-state index contributed by atoms with van der Waals surface area (Å²) in [7, 11) is 0. The Labute approximate surface area is 168 Å². The van der Waals surface area contributed by atoms with E-state index >= 15 is 0 Å². The number of anilines is 2. The minimum atomic E-state index is -0.463. The third-order valence-corrected chi connectivity index (χ3v) is 5.98. The van der Waals surface area contributed by atoms with E-state index in [-0.39, 0.29) is 12.5 Å². The molecule has 148 valence electrons. The predicted octanol–water partition coefficient (Wildman–Crippen LogP) is 4.02. The highest BCUT2D eigenvalue weighted by Crippen LogP contribution is 2.33. The maximum absolute atomic E-state index is 12.3. The number of hydrogen-bond acceptors (Lipinski definition) is 5. The molecular formula is C21H24N2O4S. The van der Waals surface area contributed by atoms with E-state index in [0.717, 1.165) is 19.3 Å². The number of benzene rings is 1. The van der Waals surface area contributed by atoms with Gasteiger partial charge in [-0.25, -0.2) is 4.79 Å². The second-order valence-corrected chi connectivity index (χ2v) is 8.10. The summed E-state index contributed by atoms with van der Waals surface area (Å²) in [4.78, 5) is 37.3. The van der Waals surface area contributed by atoms with Crippen molar-refractivity contribution in [1.82, 2.24) is 0 Å². The number of aryl methyl sites for hydroxylation is 1. The molecule has 0 aliphatic heterocycles. The minimum absolute atomic E-state index is 0.193. The molecule has 0 unspecified atom stereocenters. The van der Waals surface area contributed by atoms with Gasteiger partial charge in [0.05, 0.1) is 0 Å². The molecule has 0 saturated carbocycles. The van der Waals surface area contributed by atoms with Crippen LogP contribution in [0.2, 0.25) is 0 Å². The molecule has 1 aliphatic rings. The van der Waals surface area contributed by atoms with Gasteiger partial charge in [-0.15, -0.1) is 11.3 Å². The van der Waals surface area contributed by atoms with Crippen molar-refractivity contribution in [2.24, 2.45) is 5.92 Å². The third kappa shape index (κ3) is 5.19. The topological polar surface area (TPSA) is 84.5 Å². The number of carbonyl (C=O) groups is 3. The number of esters is 1. The van der Waals surface area contributed by atoms with Gasteiger partial charge in [0, 0.05) is 23.2 Å². The summed E-state index contributed by atoms with van der Waals surface area (Å²) in [5.74, 6) is -0.401. The zero-order valence-corrected chi connectivity index (χ0v) is 16.9. The Balaban J connectivity index is 1.53. The number of carbonyl (C=O) groups excluding carboxylic acids is 3. The molecule has 0 radical (unpaired) electrons. The first kappa shape index (κ1) is 20.1. The molecule has 0 fully saturated rings. The third-order valence-electron chi connectivity index (χ3n) is 4.76. The molecule has 7 heteroatoms. The zero-order valence-electron chi connectivity index (χ0n) is 16.0. The highest BCUT2D eigenvalue weighted by atomic mass is 32.1. The lowest BCUT2D eigenvalue weighted by atomic mass is 9.87. The van der Waals surface area contributed by atoms with Gasteiger partial charge in [0.25, 0.3) is 5.91 Å². The molecule has 2 aromatic rings. The van der Waals surface area contributed by atoms with Crippen molar-refractivity contribution in [1.29, 1.82) is 0 Å². The first-order valence-electron chi connectivity index (χ1n) is 9.40. The fourth-order valence-corrected chi connectivity index (χ4v) is 4.43. The predicted molar refractivity (Wildman–Crippen MR) is 110 cm³/mol. The first-order valence-corrected chi connectivity index (χ1v) is 10.2. The quantitative estimate of drug-likeness (QED) is 0.718. The summed E-state index contributed by atoms with van der Waals surface area (Å²) in [6, 6.07) is 8.69. The molecule has 28 heavy (non-hydrogen) atoms.